The Morgan fingerprint density at radius 1 is 1.25 bits per heavy atom. The van der Waals surface area contributed by atoms with Gasteiger partial charge in [-0.25, -0.2) is 0 Å². The van der Waals surface area contributed by atoms with E-state index in [0.29, 0.717) is 11.1 Å². The van der Waals surface area contributed by atoms with E-state index in [-0.39, 0.29) is 12.6 Å². The van der Waals surface area contributed by atoms with E-state index < -0.39 is 0 Å². The number of nitriles is 2. The monoisotopic (exact) mass is 307 g/mol. The molecular weight excluding hydrogens is 290 g/mol. The van der Waals surface area contributed by atoms with Crippen LogP contribution in [-0.4, -0.2) is 29.3 Å². The number of hydrogen-bond acceptors (Lipinski definition) is 6. The summed E-state index contributed by atoms with van der Waals surface area (Å²) in [5, 5.41) is 26.6. The second kappa shape index (κ2) is 9.68. The molecule has 1 unspecified atom stereocenters. The molecule has 20 heavy (non-hydrogen) atoms. The van der Waals surface area contributed by atoms with Crippen LogP contribution < -0.4 is 4.72 Å². The van der Waals surface area contributed by atoms with Crippen LogP contribution in [0.5, 0.6) is 0 Å². The van der Waals surface area contributed by atoms with Gasteiger partial charge < -0.3 is 5.11 Å². The van der Waals surface area contributed by atoms with Crippen LogP contribution in [0.3, 0.4) is 0 Å². The predicted molar refractivity (Wildman–Crippen MR) is 83.4 cm³/mol. The molecule has 0 bridgehead atoms. The number of nitrogens with zero attached hydrogens (tertiary/aromatic N) is 2. The molecule has 0 aliphatic heterocycles. The van der Waals surface area contributed by atoms with Gasteiger partial charge in [0.2, 0.25) is 0 Å². The summed E-state index contributed by atoms with van der Waals surface area (Å²) in [6.07, 6.45) is 1.03. The van der Waals surface area contributed by atoms with Crippen LogP contribution >= 0.6 is 23.7 Å². The molecular formula is C14H17N3OS2. The first-order chi connectivity index (χ1) is 9.71. The van der Waals surface area contributed by atoms with Crippen molar-refractivity contribution < 1.29 is 5.11 Å². The van der Waals surface area contributed by atoms with Crippen molar-refractivity contribution in [3.8, 4) is 12.1 Å². The lowest BCUT2D eigenvalue weighted by Gasteiger charge is -2.09. The van der Waals surface area contributed by atoms with Gasteiger partial charge in [0.15, 0.2) is 0 Å². The normalized spacial score (nSPS) is 11.6. The molecule has 106 valence electrons. The van der Waals surface area contributed by atoms with Crippen molar-refractivity contribution in [2.24, 2.45) is 0 Å². The molecule has 0 heterocycles. The Kier molecular flexibility index (Phi) is 8.17. The van der Waals surface area contributed by atoms with Gasteiger partial charge in [0.1, 0.15) is 12.1 Å². The van der Waals surface area contributed by atoms with Crippen LogP contribution in [0.2, 0.25) is 0 Å². The molecule has 0 fully saturated rings. The lowest BCUT2D eigenvalue weighted by molar-refractivity contribution is 0.267. The van der Waals surface area contributed by atoms with E-state index in [0.717, 1.165) is 22.8 Å². The highest BCUT2D eigenvalue weighted by Crippen LogP contribution is 2.22. The quantitative estimate of drug-likeness (QED) is 0.436. The largest absolute Gasteiger partial charge is 0.395 e. The maximum atomic E-state index is 8.95. The summed E-state index contributed by atoms with van der Waals surface area (Å²) in [7, 11) is 0. The zero-order valence-corrected chi connectivity index (χ0v) is 12.9. The molecule has 0 aliphatic rings. The smallest absolute Gasteiger partial charge is 0.101 e. The number of aliphatic hydroxyl groups is 1. The zero-order chi connectivity index (χ0) is 14.8. The minimum Gasteiger partial charge on any atom is -0.395 e. The maximum absolute atomic E-state index is 8.95. The minimum atomic E-state index is 0.115. The molecule has 1 rings (SSSR count). The zero-order valence-electron chi connectivity index (χ0n) is 11.3. The molecule has 0 aliphatic carbocycles. The molecule has 0 radical (unpaired) electrons. The molecule has 0 saturated heterocycles. The number of aliphatic hydroxyl groups excluding tert-OH is 1. The summed E-state index contributed by atoms with van der Waals surface area (Å²) in [4.78, 5) is 1.02. The third kappa shape index (κ3) is 5.85. The van der Waals surface area contributed by atoms with Crippen LogP contribution in [0.25, 0.3) is 0 Å². The minimum absolute atomic E-state index is 0.115. The predicted octanol–water partition coefficient (Wildman–Crippen LogP) is 2.53. The van der Waals surface area contributed by atoms with Crippen LogP contribution in [0.15, 0.2) is 23.1 Å². The Hall–Kier alpha value is -1.18. The fourth-order valence-electron chi connectivity index (χ4n) is 1.36. The highest BCUT2D eigenvalue weighted by Gasteiger charge is 2.03. The van der Waals surface area contributed by atoms with Gasteiger partial charge in [0.25, 0.3) is 0 Å². The van der Waals surface area contributed by atoms with Crippen molar-refractivity contribution in [1.82, 2.24) is 4.72 Å². The summed E-state index contributed by atoms with van der Waals surface area (Å²) < 4.78 is 3.14. The van der Waals surface area contributed by atoms with E-state index in [4.69, 9.17) is 15.6 Å². The van der Waals surface area contributed by atoms with Crippen LogP contribution in [0, 0.1) is 22.7 Å². The van der Waals surface area contributed by atoms with E-state index in [2.05, 4.69) is 4.72 Å². The highest BCUT2D eigenvalue weighted by atomic mass is 32.2. The van der Waals surface area contributed by atoms with E-state index in [1.54, 1.807) is 35.8 Å². The lowest BCUT2D eigenvalue weighted by Crippen LogP contribution is -2.23. The molecule has 4 nitrogen and oxygen atoms in total. The van der Waals surface area contributed by atoms with Crippen molar-refractivity contribution in [2.75, 3.05) is 18.1 Å². The van der Waals surface area contributed by atoms with E-state index in [1.165, 1.54) is 0 Å². The topological polar surface area (TPSA) is 79.8 Å². The van der Waals surface area contributed by atoms with Crippen molar-refractivity contribution >= 4 is 23.7 Å². The highest BCUT2D eigenvalue weighted by molar-refractivity contribution is 7.99. The third-order valence-corrected chi connectivity index (χ3v) is 4.59. The van der Waals surface area contributed by atoms with Gasteiger partial charge in [-0.15, -0.1) is 11.8 Å². The van der Waals surface area contributed by atoms with Crippen molar-refractivity contribution in [1.29, 1.82) is 10.5 Å². The lowest BCUT2D eigenvalue weighted by atomic mass is 10.1. The summed E-state index contributed by atoms with van der Waals surface area (Å²) >= 11 is 3.30. The molecule has 0 saturated carbocycles. The van der Waals surface area contributed by atoms with Gasteiger partial charge in [-0.05, 0) is 37.3 Å². The van der Waals surface area contributed by atoms with Crippen LogP contribution in [0.1, 0.15) is 24.5 Å². The van der Waals surface area contributed by atoms with E-state index >= 15 is 0 Å². The van der Waals surface area contributed by atoms with Gasteiger partial charge in [-0.1, -0.05) is 11.9 Å². The Bertz CT molecular complexity index is 508. The molecule has 0 spiro atoms. The second-order valence-corrected chi connectivity index (χ2v) is 6.28. The van der Waals surface area contributed by atoms with E-state index in [1.807, 2.05) is 25.1 Å². The first kappa shape index (κ1) is 16.9. The number of nitrogens with one attached hydrogen (secondary N) is 1. The Labute approximate surface area is 128 Å². The summed E-state index contributed by atoms with van der Waals surface area (Å²) in [6, 6.07) is 9.51. The number of hydrogen-bond donors (Lipinski definition) is 2. The number of thioether (sulfide) groups is 1. The molecule has 0 amide bonds. The van der Waals surface area contributed by atoms with Crippen molar-refractivity contribution in [3.63, 3.8) is 0 Å². The molecule has 1 aromatic rings. The van der Waals surface area contributed by atoms with E-state index in [9.17, 15) is 0 Å². The molecule has 1 atom stereocenters. The van der Waals surface area contributed by atoms with Gasteiger partial charge in [0, 0.05) is 16.7 Å². The Morgan fingerprint density at radius 3 is 2.65 bits per heavy atom. The van der Waals surface area contributed by atoms with Crippen LogP contribution in [0.4, 0.5) is 0 Å². The van der Waals surface area contributed by atoms with Crippen molar-refractivity contribution in [2.45, 2.75) is 24.3 Å². The van der Waals surface area contributed by atoms with Crippen LogP contribution in [-0.2, 0) is 0 Å². The maximum Gasteiger partial charge on any atom is 0.101 e. The summed E-state index contributed by atoms with van der Waals surface area (Å²) in [5.74, 6) is 1.93. The molecule has 2 N–H and O–H groups in total. The van der Waals surface area contributed by atoms with Crippen molar-refractivity contribution in [3.05, 3.63) is 29.3 Å². The summed E-state index contributed by atoms with van der Waals surface area (Å²) in [6.45, 7) is 2.08. The standard InChI is InChI=1S/C14H17N3OS2/c1-11(10-18)17-20-6-2-5-19-14-4-3-12(8-15)13(7-14)9-16/h3-4,7,11,17-18H,2,5-6,10H2,1H3. The average Bonchev–Trinajstić information content (AvgIpc) is 2.49. The molecule has 0 aromatic heterocycles. The SMILES string of the molecule is CC(CO)NSCCCSc1ccc(C#N)c(C#N)c1. The fourth-order valence-corrected chi connectivity index (χ4v) is 3.20. The average molecular weight is 307 g/mol. The first-order valence-corrected chi connectivity index (χ1v) is 8.23. The molecule has 1 aromatic carbocycles. The van der Waals surface area contributed by atoms with Gasteiger partial charge in [-0.2, -0.15) is 10.5 Å². The summed E-state index contributed by atoms with van der Waals surface area (Å²) in [5.41, 5.74) is 0.861. The van der Waals surface area contributed by atoms with Gasteiger partial charge in [-0.3, -0.25) is 4.72 Å². The number of rotatable bonds is 8. The second-order valence-electron chi connectivity index (χ2n) is 4.18. The van der Waals surface area contributed by atoms with Gasteiger partial charge in [0.05, 0.1) is 17.7 Å². The Balaban J connectivity index is 2.30. The molecule has 6 heteroatoms. The fraction of sp³-hybridized carbons (Fsp3) is 0.429. The third-order valence-electron chi connectivity index (χ3n) is 2.45. The number of benzene rings is 1. The Morgan fingerprint density at radius 2 is 2.00 bits per heavy atom. The van der Waals surface area contributed by atoms with Gasteiger partial charge >= 0.3 is 0 Å². The first-order valence-electron chi connectivity index (χ1n) is 6.26.